The number of nitrogens with zero attached hydrogens (tertiary/aromatic N) is 1. The fourth-order valence-corrected chi connectivity index (χ4v) is 3.14. The molecule has 0 aliphatic carbocycles. The van der Waals surface area contributed by atoms with Gasteiger partial charge in [-0.1, -0.05) is 17.8 Å². The number of benzene rings is 1. The molecule has 1 aromatic carbocycles. The van der Waals surface area contributed by atoms with E-state index in [1.165, 1.54) is 13.0 Å². The van der Waals surface area contributed by atoms with Crippen molar-refractivity contribution in [3.05, 3.63) is 36.9 Å². The Morgan fingerprint density at radius 1 is 1.21 bits per heavy atom. The van der Waals surface area contributed by atoms with Gasteiger partial charge in [-0.15, -0.1) is 6.58 Å². The maximum absolute atomic E-state index is 12.1. The van der Waals surface area contributed by atoms with E-state index >= 15 is 0 Å². The van der Waals surface area contributed by atoms with E-state index in [1.807, 2.05) is 0 Å². The molecule has 1 saturated heterocycles. The lowest BCUT2D eigenvalue weighted by molar-refractivity contribution is -0.128. The Morgan fingerprint density at radius 3 is 2.33 bits per heavy atom. The molecule has 4 amide bonds. The van der Waals surface area contributed by atoms with Crippen LogP contribution in [0.1, 0.15) is 13.3 Å². The molecule has 0 radical (unpaired) electrons. The quantitative estimate of drug-likeness (QED) is 0.769. The third-order valence-corrected chi connectivity index (χ3v) is 4.25. The summed E-state index contributed by atoms with van der Waals surface area (Å²) in [6.45, 7) is 5.05. The van der Waals surface area contributed by atoms with Crippen molar-refractivity contribution in [3.8, 4) is 0 Å². The normalized spacial score (nSPS) is 16.9. The average Bonchev–Trinajstić information content (AvgIpc) is 2.76. The van der Waals surface area contributed by atoms with Gasteiger partial charge in [0, 0.05) is 31.3 Å². The minimum Gasteiger partial charge on any atom is -0.326 e. The molecule has 1 fully saturated rings. The smallest absolute Gasteiger partial charge is 0.289 e. The standard InChI is InChI=1S/C16H17N3O4S/c1-3-8-19-15(22)13(24-16(19)23)9-14(21)18-12-6-4-11(5-7-12)17-10(2)20/h3-7,13H,1,8-9H2,2H3,(H,17,20)(H,18,21)/t13-/m0/s1. The molecule has 2 rings (SSSR count). The van der Waals surface area contributed by atoms with Gasteiger partial charge in [0.15, 0.2) is 0 Å². The van der Waals surface area contributed by atoms with E-state index in [9.17, 15) is 19.2 Å². The molecule has 1 aromatic rings. The number of thioether (sulfide) groups is 1. The van der Waals surface area contributed by atoms with Crippen LogP contribution in [0, 0.1) is 0 Å². The zero-order chi connectivity index (χ0) is 17.7. The highest BCUT2D eigenvalue weighted by molar-refractivity contribution is 8.15. The van der Waals surface area contributed by atoms with Crippen molar-refractivity contribution in [2.24, 2.45) is 0 Å². The Bertz CT molecular complexity index is 687. The summed E-state index contributed by atoms with van der Waals surface area (Å²) >= 11 is 0.851. The lowest BCUT2D eigenvalue weighted by Crippen LogP contribution is -2.33. The highest BCUT2D eigenvalue weighted by Crippen LogP contribution is 2.29. The van der Waals surface area contributed by atoms with E-state index in [2.05, 4.69) is 17.2 Å². The molecule has 24 heavy (non-hydrogen) atoms. The van der Waals surface area contributed by atoms with Crippen molar-refractivity contribution in [3.63, 3.8) is 0 Å². The number of anilines is 2. The summed E-state index contributed by atoms with van der Waals surface area (Å²) in [6.07, 6.45) is 1.38. The van der Waals surface area contributed by atoms with Crippen molar-refractivity contribution in [2.75, 3.05) is 17.2 Å². The van der Waals surface area contributed by atoms with Gasteiger partial charge in [-0.25, -0.2) is 0 Å². The lowest BCUT2D eigenvalue weighted by atomic mass is 10.2. The molecule has 1 aliphatic rings. The Balaban J connectivity index is 1.91. The maximum atomic E-state index is 12.1. The second-order valence-corrected chi connectivity index (χ2v) is 6.27. The number of hydrogen-bond donors (Lipinski definition) is 2. The monoisotopic (exact) mass is 347 g/mol. The van der Waals surface area contributed by atoms with Crippen LogP contribution in [0.25, 0.3) is 0 Å². The Kier molecular flexibility index (Phi) is 5.75. The zero-order valence-corrected chi connectivity index (χ0v) is 13.9. The van der Waals surface area contributed by atoms with E-state index < -0.39 is 5.25 Å². The first-order valence-electron chi connectivity index (χ1n) is 7.21. The third-order valence-electron chi connectivity index (χ3n) is 3.18. The summed E-state index contributed by atoms with van der Waals surface area (Å²) in [4.78, 5) is 47.8. The number of amides is 4. The number of rotatable bonds is 6. The Hall–Kier alpha value is -2.61. The largest absolute Gasteiger partial charge is 0.326 e. The van der Waals surface area contributed by atoms with Crippen molar-refractivity contribution >= 4 is 46.1 Å². The third kappa shape index (κ3) is 4.45. The number of hydrogen-bond acceptors (Lipinski definition) is 5. The molecule has 126 valence electrons. The molecule has 0 unspecified atom stereocenters. The van der Waals surface area contributed by atoms with Crippen LogP contribution < -0.4 is 10.6 Å². The van der Waals surface area contributed by atoms with E-state index in [-0.39, 0.29) is 35.9 Å². The van der Waals surface area contributed by atoms with Gasteiger partial charge in [0.05, 0.1) is 0 Å². The van der Waals surface area contributed by atoms with Gasteiger partial charge < -0.3 is 10.6 Å². The summed E-state index contributed by atoms with van der Waals surface area (Å²) in [7, 11) is 0. The fourth-order valence-electron chi connectivity index (χ4n) is 2.14. The van der Waals surface area contributed by atoms with Crippen molar-refractivity contribution < 1.29 is 19.2 Å². The van der Waals surface area contributed by atoms with Crippen molar-refractivity contribution in [1.82, 2.24) is 4.90 Å². The van der Waals surface area contributed by atoms with Crippen LogP contribution in [0.5, 0.6) is 0 Å². The molecule has 0 bridgehead atoms. The highest BCUT2D eigenvalue weighted by atomic mass is 32.2. The minimum absolute atomic E-state index is 0.0870. The molecule has 7 nitrogen and oxygen atoms in total. The van der Waals surface area contributed by atoms with E-state index in [0.29, 0.717) is 11.4 Å². The number of carbonyl (C=O) groups excluding carboxylic acids is 4. The van der Waals surface area contributed by atoms with Crippen LogP contribution in [-0.4, -0.2) is 39.7 Å². The van der Waals surface area contributed by atoms with Crippen molar-refractivity contribution in [2.45, 2.75) is 18.6 Å². The van der Waals surface area contributed by atoms with Crippen LogP contribution in [0.15, 0.2) is 36.9 Å². The number of imide groups is 1. The van der Waals surface area contributed by atoms with Crippen LogP contribution in [0.2, 0.25) is 0 Å². The first-order chi connectivity index (χ1) is 11.4. The molecule has 1 heterocycles. The van der Waals surface area contributed by atoms with E-state index in [4.69, 9.17) is 0 Å². The molecule has 1 aliphatic heterocycles. The molecular weight excluding hydrogens is 330 g/mol. The summed E-state index contributed by atoms with van der Waals surface area (Å²) in [5.41, 5.74) is 1.16. The maximum Gasteiger partial charge on any atom is 0.289 e. The topological polar surface area (TPSA) is 95.6 Å². The molecule has 2 N–H and O–H groups in total. The zero-order valence-electron chi connectivity index (χ0n) is 13.1. The van der Waals surface area contributed by atoms with Gasteiger partial charge in [0.2, 0.25) is 17.7 Å². The van der Waals surface area contributed by atoms with Gasteiger partial charge in [0.1, 0.15) is 5.25 Å². The van der Waals surface area contributed by atoms with Crippen LogP contribution in [0.4, 0.5) is 16.2 Å². The SMILES string of the molecule is C=CCN1C(=O)S[C@@H](CC(=O)Nc2ccc(NC(C)=O)cc2)C1=O. The number of nitrogens with one attached hydrogen (secondary N) is 2. The molecular formula is C16H17N3O4S. The molecule has 0 spiro atoms. The first-order valence-corrected chi connectivity index (χ1v) is 8.09. The predicted molar refractivity (Wildman–Crippen MR) is 92.7 cm³/mol. The fraction of sp³-hybridized carbons (Fsp3) is 0.250. The summed E-state index contributed by atoms with van der Waals surface area (Å²) < 4.78 is 0. The van der Waals surface area contributed by atoms with Crippen molar-refractivity contribution in [1.29, 1.82) is 0 Å². The molecule has 8 heteroatoms. The first kappa shape index (κ1) is 17.7. The van der Waals surface area contributed by atoms with Gasteiger partial charge in [-0.05, 0) is 24.3 Å². The van der Waals surface area contributed by atoms with E-state index in [0.717, 1.165) is 16.7 Å². The summed E-state index contributed by atoms with van der Waals surface area (Å²) in [5, 5.41) is 4.21. The van der Waals surface area contributed by atoms with Gasteiger partial charge in [-0.3, -0.25) is 24.1 Å². The molecule has 0 saturated carbocycles. The Labute approximate surface area is 143 Å². The van der Waals surface area contributed by atoms with Gasteiger partial charge in [-0.2, -0.15) is 0 Å². The average molecular weight is 347 g/mol. The van der Waals surface area contributed by atoms with Crippen LogP contribution in [0.3, 0.4) is 0 Å². The predicted octanol–water partition coefficient (Wildman–Crippen LogP) is 2.22. The van der Waals surface area contributed by atoms with Crippen LogP contribution in [-0.2, 0) is 14.4 Å². The summed E-state index contributed by atoms with van der Waals surface area (Å²) in [5.74, 6) is -0.917. The summed E-state index contributed by atoms with van der Waals surface area (Å²) in [6, 6.07) is 6.59. The Morgan fingerprint density at radius 2 is 1.79 bits per heavy atom. The molecule has 1 atom stereocenters. The highest BCUT2D eigenvalue weighted by Gasteiger charge is 2.39. The minimum atomic E-state index is -0.712. The molecule has 0 aromatic heterocycles. The van der Waals surface area contributed by atoms with Crippen LogP contribution >= 0.6 is 11.8 Å². The van der Waals surface area contributed by atoms with Gasteiger partial charge in [0.25, 0.3) is 5.24 Å². The second-order valence-electron chi connectivity index (χ2n) is 5.12. The number of carbonyl (C=O) groups is 4. The second kappa shape index (κ2) is 7.78. The van der Waals surface area contributed by atoms with E-state index in [1.54, 1.807) is 24.3 Å². The van der Waals surface area contributed by atoms with Gasteiger partial charge >= 0.3 is 0 Å². The lowest BCUT2D eigenvalue weighted by Gasteiger charge is -2.11.